The Kier molecular flexibility index (Phi) is 27.9. The van der Waals surface area contributed by atoms with Gasteiger partial charge in [-0.2, -0.15) is 106 Å². The second-order valence-electron chi connectivity index (χ2n) is 30.9. The van der Waals surface area contributed by atoms with Crippen LogP contribution in [0.2, 0.25) is 0 Å². The number of imidazole rings is 4. The number of fused-ring (bicyclic) bond motifs is 4. The van der Waals surface area contributed by atoms with E-state index in [0.29, 0.717) is 115 Å². The third-order valence-corrected chi connectivity index (χ3v) is 20.6. The summed E-state index contributed by atoms with van der Waals surface area (Å²) in [6.45, 7) is 7.66. The first-order chi connectivity index (χ1) is 67.6. The number of halogens is 19. The van der Waals surface area contributed by atoms with Crippen LogP contribution in [-0.2, 0) is 31.8 Å². The number of benzene rings is 8. The molecule has 15 N–H and O–H groups in total. The number of alkyl halides is 14. The molecule has 0 spiro atoms. The predicted molar refractivity (Wildman–Crippen MR) is 494 cm³/mol. The fourth-order valence-electron chi connectivity index (χ4n) is 14.3. The van der Waals surface area contributed by atoms with Crippen molar-refractivity contribution in [2.24, 2.45) is 7.05 Å². The van der Waals surface area contributed by atoms with E-state index in [2.05, 4.69) is 111 Å². The van der Waals surface area contributed by atoms with Crippen molar-refractivity contribution < 1.29 is 88.2 Å². The van der Waals surface area contributed by atoms with Gasteiger partial charge in [0.25, 0.3) is 0 Å². The molecule has 0 fully saturated rings. The summed E-state index contributed by atoms with van der Waals surface area (Å²) in [4.78, 5) is 64.3. The van der Waals surface area contributed by atoms with Crippen LogP contribution in [0.4, 0.5) is 170 Å². The smallest absolute Gasteiger partial charge is 0.419 e. The molecular formula is C92H72F19N31O. The van der Waals surface area contributed by atoms with E-state index in [9.17, 15) is 83.4 Å². The van der Waals surface area contributed by atoms with E-state index >= 15 is 0 Å². The lowest BCUT2D eigenvalue weighted by atomic mass is 10.2. The Balaban J connectivity index is 0.000000135. The molecule has 11 aromatic heterocycles. The van der Waals surface area contributed by atoms with Crippen LogP contribution in [-0.4, -0.2) is 109 Å². The number of rotatable bonds is 17. The van der Waals surface area contributed by atoms with E-state index in [4.69, 9.17) is 28.7 Å². The summed E-state index contributed by atoms with van der Waals surface area (Å²) in [7, 11) is 1.82. The summed E-state index contributed by atoms with van der Waals surface area (Å²) >= 11 is 0. The van der Waals surface area contributed by atoms with Gasteiger partial charge in [0.2, 0.25) is 23.8 Å². The normalized spacial score (nSPS) is 11.6. The highest BCUT2D eigenvalue weighted by Crippen LogP contribution is 2.39. The minimum atomic E-state index is -4.83. The maximum atomic E-state index is 13.8. The highest BCUT2D eigenvalue weighted by atomic mass is 19.4. The third kappa shape index (κ3) is 23.5. The minimum Gasteiger partial charge on any atom is -0.435 e. The Morgan fingerprint density at radius 3 is 1.06 bits per heavy atom. The lowest BCUT2D eigenvalue weighted by Crippen LogP contribution is -2.09. The van der Waals surface area contributed by atoms with Gasteiger partial charge in [-0.05, 0) is 193 Å². The average Bonchev–Trinajstić information content (AvgIpc) is 1.66. The number of hydrogen-bond acceptors (Lipinski definition) is 27. The van der Waals surface area contributed by atoms with Gasteiger partial charge in [-0.15, -0.1) is 0 Å². The van der Waals surface area contributed by atoms with Crippen molar-refractivity contribution in [3.8, 4) is 40.9 Å². The van der Waals surface area contributed by atoms with Crippen LogP contribution in [0.15, 0.2) is 212 Å². The van der Waals surface area contributed by atoms with Gasteiger partial charge in [0.05, 0.1) is 72.1 Å². The molecule has 19 rings (SSSR count). The number of ether oxygens (including phenoxy) is 1. The van der Waals surface area contributed by atoms with Crippen LogP contribution in [0.1, 0.15) is 56.9 Å². The van der Waals surface area contributed by atoms with Gasteiger partial charge in [-0.25, -0.2) is 56.8 Å². The van der Waals surface area contributed by atoms with Crippen LogP contribution in [0.25, 0.3) is 79.4 Å². The summed E-state index contributed by atoms with van der Waals surface area (Å²) in [5.41, 5.74) is 33.7. The van der Waals surface area contributed by atoms with Crippen molar-refractivity contribution in [3.63, 3.8) is 0 Å². The first kappa shape index (κ1) is 99.4. The van der Waals surface area contributed by atoms with Crippen LogP contribution < -0.4 is 60.0 Å². The van der Waals surface area contributed by atoms with Gasteiger partial charge in [-0.1, -0.05) is 0 Å². The first-order valence-electron chi connectivity index (χ1n) is 41.5. The number of nitrogen functional groups attached to an aromatic ring is 5. The third-order valence-electron chi connectivity index (χ3n) is 20.6. The monoisotopic (exact) mass is 1990 g/mol. The van der Waals surface area contributed by atoms with Crippen LogP contribution in [0, 0.1) is 70.6 Å². The highest BCUT2D eigenvalue weighted by Gasteiger charge is 2.36. The maximum absolute atomic E-state index is 13.8. The molecule has 0 aliphatic rings. The molecule has 0 aliphatic heterocycles. The van der Waals surface area contributed by atoms with Crippen molar-refractivity contribution in [2.45, 2.75) is 72.9 Å². The molecule has 0 amide bonds. The Hall–Kier alpha value is -18.1. The second-order valence-corrected chi connectivity index (χ2v) is 30.9. The molecule has 0 bridgehead atoms. The van der Waals surface area contributed by atoms with Crippen molar-refractivity contribution >= 4 is 131 Å². The summed E-state index contributed by atoms with van der Waals surface area (Å²) < 4.78 is 258. The molecular weight excluding hydrogens is 1920 g/mol. The summed E-state index contributed by atoms with van der Waals surface area (Å²) in [6, 6.07) is 43.1. The molecule has 51 heteroatoms. The fraction of sp³-hybridized carbons (Fsp3) is 0.130. The van der Waals surface area contributed by atoms with Crippen LogP contribution >= 0.6 is 0 Å². The predicted octanol–water partition coefficient (Wildman–Crippen LogP) is 21.4. The van der Waals surface area contributed by atoms with Gasteiger partial charge in [0.1, 0.15) is 105 Å². The molecule has 19 aromatic rings. The quantitative estimate of drug-likeness (QED) is 0.0379. The number of hydrogen-bond donors (Lipinski definition) is 10. The van der Waals surface area contributed by atoms with Crippen molar-refractivity contribution in [3.05, 3.63) is 298 Å². The molecule has 143 heavy (non-hydrogen) atoms. The summed E-state index contributed by atoms with van der Waals surface area (Å²) in [5.74, 6) is 0.687. The minimum absolute atomic E-state index is 0.0186. The second kappa shape index (κ2) is 40.1. The zero-order valence-electron chi connectivity index (χ0n) is 74.7. The zero-order chi connectivity index (χ0) is 103. The van der Waals surface area contributed by atoms with Crippen LogP contribution in [0.5, 0.6) is 5.75 Å². The molecule has 0 unspecified atom stereocenters. The van der Waals surface area contributed by atoms with Crippen molar-refractivity contribution in [1.82, 2.24) is 103 Å². The molecule has 8 aromatic carbocycles. The van der Waals surface area contributed by atoms with Crippen molar-refractivity contribution in [2.75, 3.05) is 55.3 Å². The number of anilines is 15. The Bertz CT molecular complexity index is 7930. The van der Waals surface area contributed by atoms with E-state index < -0.39 is 82.7 Å². The fourth-order valence-corrected chi connectivity index (χ4v) is 14.3. The number of aryl methyl sites for hydroxylation is 6. The number of pyridine rings is 1. The average molecular weight is 1990 g/mol. The molecule has 11 heterocycles. The largest absolute Gasteiger partial charge is 0.435 e. The lowest BCUT2D eigenvalue weighted by Gasteiger charge is -2.12. The molecule has 0 radical (unpaired) electrons. The molecule has 0 saturated carbocycles. The van der Waals surface area contributed by atoms with E-state index in [-0.39, 0.29) is 87.0 Å². The SMILES string of the molecule is Cc1nc2cc(F)c(F)cc2n1-c1nc(N)cc(Nc2ccc(C(F)(F)F)c(F)c2)n1.Cc1nc2ccc(F)cc2n1-c1nc(N)cc(Nc2ccc(C(F)(F)F)cc2)n1.Cc1nc2ccc(F)cc2n1-c1nc(N)cc(Nc2ccc(OC(F)F)cc2)n1.Cc1nc2ncccc2n1-c1nc(N)cc(Nc2ccc(C(F)(F)F)cc2)n1.Cc1nn(C)c(C)c1-c1nc(N)cc(Nc2ccc(C(F)(F)F)cc2)n1. The molecule has 32 nitrogen and oxygen atoms in total. The van der Waals surface area contributed by atoms with Gasteiger partial charge in [-0.3, -0.25) is 23.0 Å². The summed E-state index contributed by atoms with van der Waals surface area (Å²) in [6.07, 6.45) is -16.4. The maximum Gasteiger partial charge on any atom is 0.419 e. The van der Waals surface area contributed by atoms with Gasteiger partial charge >= 0.3 is 31.3 Å². The van der Waals surface area contributed by atoms with E-state index in [1.165, 1.54) is 108 Å². The van der Waals surface area contributed by atoms with Gasteiger partial charge in [0.15, 0.2) is 23.1 Å². The van der Waals surface area contributed by atoms with Crippen LogP contribution in [0.3, 0.4) is 0 Å². The topological polar surface area (TPSA) is 430 Å². The number of aromatic nitrogens is 21. The van der Waals surface area contributed by atoms with Crippen molar-refractivity contribution in [1.29, 1.82) is 0 Å². The lowest BCUT2D eigenvalue weighted by molar-refractivity contribution is -0.140. The Labute approximate surface area is 793 Å². The van der Waals surface area contributed by atoms with E-state index in [0.717, 1.165) is 71.5 Å². The Morgan fingerprint density at radius 1 is 0.329 bits per heavy atom. The van der Waals surface area contributed by atoms with E-state index in [1.54, 1.807) is 82.6 Å². The van der Waals surface area contributed by atoms with Gasteiger partial charge in [0, 0.05) is 102 Å². The highest BCUT2D eigenvalue weighted by molar-refractivity contribution is 5.81. The Morgan fingerprint density at radius 2 is 0.678 bits per heavy atom. The number of nitrogens with zero attached hydrogens (tertiary/aromatic N) is 21. The molecule has 734 valence electrons. The van der Waals surface area contributed by atoms with Gasteiger partial charge < -0.3 is 60.0 Å². The standard InChI is InChI=1S/C19H12F6N6.C19H14F4N6.C19H15F3N6O.C18H14F3N7.C17H17F3N6/c1-8-27-14-5-12(21)13(22)6-15(14)31(8)18-29-16(26)7-17(30-18)28-9-2-3-10(11(20)4-9)19(23,24)25;1-10-25-14-7-4-12(20)8-15(14)29(10)18-27-16(24)9-17(28-18)26-13-5-2-11(3-6-13)19(21,22)23;1-10-24-14-7-2-11(20)8-15(14)28(10)19-26-16(23)9-17(27-19)25-12-3-5-13(6-4-12)29-18(21)22;1-10-24-16-13(3-2-8-23-16)28(10)17-26-14(22)9-15(27-17)25-12-6-4-11(5-7-12)18(19,20)21;1-9-15(10(2)26(3)25-9)16-23-13(21)8-14(24-16)22-12-6-4-11(5-7-12)17(18,19)20/h2-7H,1H3,(H3,26,28,29,30);2-9H,1H3,(H3,24,26,27,28);2-9,18H,1H3,(H3,23,25,26,27);2-9H,1H3,(H3,22,25,26,27);4-8H,1-3H3,(H3,21,22,23,24). The first-order valence-corrected chi connectivity index (χ1v) is 41.5. The molecule has 0 saturated heterocycles. The molecule has 0 aliphatic carbocycles. The number of nitrogens with two attached hydrogens (primary N) is 5. The number of nitrogens with one attached hydrogen (secondary N) is 5. The summed E-state index contributed by atoms with van der Waals surface area (Å²) in [5, 5.41) is 18.8. The molecule has 0 atom stereocenters. The zero-order valence-corrected chi connectivity index (χ0v) is 74.7. The van der Waals surface area contributed by atoms with E-state index in [1.807, 2.05) is 27.0 Å².